The van der Waals surface area contributed by atoms with E-state index in [1.54, 1.807) is 0 Å². The number of amidine groups is 1. The highest BCUT2D eigenvalue weighted by molar-refractivity contribution is 5.95. The molecule has 0 radical (unpaired) electrons. The van der Waals surface area contributed by atoms with E-state index in [2.05, 4.69) is 9.98 Å². The number of benzene rings is 1. The molecule has 1 aliphatic heterocycles. The minimum Gasteiger partial charge on any atom is -0.385 e. The Labute approximate surface area is 174 Å². The Morgan fingerprint density at radius 2 is 1.93 bits per heavy atom. The van der Waals surface area contributed by atoms with Crippen molar-refractivity contribution >= 4 is 24.0 Å². The van der Waals surface area contributed by atoms with Gasteiger partial charge in [0, 0.05) is 23.7 Å². The molecule has 0 saturated carbocycles. The van der Waals surface area contributed by atoms with Crippen molar-refractivity contribution in [3.8, 4) is 0 Å². The van der Waals surface area contributed by atoms with Crippen molar-refractivity contribution in [3.05, 3.63) is 64.7 Å². The highest BCUT2D eigenvalue weighted by atomic mass is 35.5. The number of pyridine rings is 1. The Bertz CT molecular complexity index is 940. The van der Waals surface area contributed by atoms with Crippen molar-refractivity contribution in [1.29, 1.82) is 0 Å². The molecule has 1 aromatic heterocycles. The van der Waals surface area contributed by atoms with Crippen molar-refractivity contribution in [2.75, 3.05) is 13.2 Å². The lowest BCUT2D eigenvalue weighted by Crippen LogP contribution is -2.45. The highest BCUT2D eigenvalue weighted by Gasteiger charge is 2.46. The molecule has 0 saturated heterocycles. The molecule has 5 nitrogen and oxygen atoms in total. The van der Waals surface area contributed by atoms with Crippen molar-refractivity contribution < 1.29 is 31.5 Å². The molecule has 2 N–H and O–H groups in total. The normalized spacial score (nSPS) is 18.8. The molecular formula is C19H17ClF5N3O2. The molecule has 162 valence electrons. The van der Waals surface area contributed by atoms with E-state index in [0.717, 1.165) is 30.5 Å². The lowest BCUT2D eigenvalue weighted by molar-refractivity contribution is -0.0146. The molecule has 1 aliphatic rings. The van der Waals surface area contributed by atoms with Crippen LogP contribution in [0.3, 0.4) is 0 Å². The van der Waals surface area contributed by atoms with Gasteiger partial charge in [0.2, 0.25) is 0 Å². The zero-order valence-corrected chi connectivity index (χ0v) is 16.1. The first-order chi connectivity index (χ1) is 13.7. The summed E-state index contributed by atoms with van der Waals surface area (Å²) in [5.74, 6) is -1.68. The van der Waals surface area contributed by atoms with E-state index in [0.29, 0.717) is 0 Å². The number of carbonyl (C=O) groups excluding carboxylic acids is 1. The Hall–Kier alpha value is -2.59. The number of Topliss-reactive ketones (excluding diaryl/α,β-unsaturated/α-hetero) is 1. The third-order valence-corrected chi connectivity index (χ3v) is 4.46. The standard InChI is InChI=1S/C19H16F5N3O2.ClH/c20-13-3-1-10(6-15(28)14-4-2-11(7-26-14)17(21)22)5-12(13)19(18(23)24)9-29-8-16(25)27-19;/h1-5,7,17-18H,6,8-9H2,(H2,25,27);1H/t19-;/m0./s1. The number of alkyl halides is 4. The number of aromatic nitrogens is 1. The Morgan fingerprint density at radius 1 is 1.20 bits per heavy atom. The third-order valence-electron chi connectivity index (χ3n) is 4.46. The first kappa shape index (κ1) is 23.7. The summed E-state index contributed by atoms with van der Waals surface area (Å²) in [6, 6.07) is 5.55. The van der Waals surface area contributed by atoms with Gasteiger partial charge in [0.05, 0.1) is 6.61 Å². The summed E-state index contributed by atoms with van der Waals surface area (Å²) in [6.07, 6.45) is -5.24. The molecule has 0 fully saturated rings. The van der Waals surface area contributed by atoms with Gasteiger partial charge in [-0.05, 0) is 29.8 Å². The van der Waals surface area contributed by atoms with Crippen LogP contribution in [0, 0.1) is 5.82 Å². The molecule has 0 unspecified atom stereocenters. The molecular weight excluding hydrogens is 433 g/mol. The summed E-state index contributed by atoms with van der Waals surface area (Å²) in [5, 5.41) is 0. The van der Waals surface area contributed by atoms with Gasteiger partial charge >= 0.3 is 0 Å². The molecule has 2 heterocycles. The highest BCUT2D eigenvalue weighted by Crippen LogP contribution is 2.37. The maximum Gasteiger partial charge on any atom is 0.269 e. The number of hydrogen-bond acceptors (Lipinski definition) is 5. The lowest BCUT2D eigenvalue weighted by Gasteiger charge is -2.33. The summed E-state index contributed by atoms with van der Waals surface area (Å²) in [6.45, 7) is -0.717. The van der Waals surface area contributed by atoms with Gasteiger partial charge in [0.25, 0.3) is 12.9 Å². The van der Waals surface area contributed by atoms with Crippen LogP contribution in [-0.4, -0.2) is 36.2 Å². The topological polar surface area (TPSA) is 77.6 Å². The van der Waals surface area contributed by atoms with E-state index in [4.69, 9.17) is 10.5 Å². The van der Waals surface area contributed by atoms with Gasteiger partial charge in [0.15, 0.2) is 11.3 Å². The second-order valence-electron chi connectivity index (χ2n) is 6.51. The predicted octanol–water partition coefficient (Wildman–Crippen LogP) is 3.85. The van der Waals surface area contributed by atoms with Crippen molar-refractivity contribution in [2.24, 2.45) is 10.7 Å². The number of nitrogens with zero attached hydrogens (tertiary/aromatic N) is 2. The van der Waals surface area contributed by atoms with Gasteiger partial charge in [-0.2, -0.15) is 0 Å². The van der Waals surface area contributed by atoms with Gasteiger partial charge in [-0.3, -0.25) is 14.8 Å². The van der Waals surface area contributed by atoms with Crippen LogP contribution in [0.25, 0.3) is 0 Å². The first-order valence-corrected chi connectivity index (χ1v) is 8.49. The minimum absolute atomic E-state index is 0. The average molecular weight is 450 g/mol. The molecule has 1 aromatic carbocycles. The maximum atomic E-state index is 14.4. The smallest absolute Gasteiger partial charge is 0.269 e. The van der Waals surface area contributed by atoms with Crippen LogP contribution in [0.4, 0.5) is 22.0 Å². The molecule has 2 aromatic rings. The first-order valence-electron chi connectivity index (χ1n) is 8.49. The van der Waals surface area contributed by atoms with Crippen LogP contribution in [0.2, 0.25) is 0 Å². The fourth-order valence-electron chi connectivity index (χ4n) is 2.99. The molecule has 3 rings (SSSR count). The predicted molar refractivity (Wildman–Crippen MR) is 101 cm³/mol. The molecule has 0 amide bonds. The average Bonchev–Trinajstić information content (AvgIpc) is 2.69. The second kappa shape index (κ2) is 9.48. The molecule has 0 aliphatic carbocycles. The van der Waals surface area contributed by atoms with Gasteiger partial charge in [-0.15, -0.1) is 12.4 Å². The number of ketones is 1. The fourth-order valence-corrected chi connectivity index (χ4v) is 2.99. The Morgan fingerprint density at radius 3 is 2.50 bits per heavy atom. The second-order valence-corrected chi connectivity index (χ2v) is 6.51. The molecule has 0 bridgehead atoms. The van der Waals surface area contributed by atoms with Crippen LogP contribution in [0.15, 0.2) is 41.5 Å². The van der Waals surface area contributed by atoms with Crippen LogP contribution in [0.5, 0.6) is 0 Å². The van der Waals surface area contributed by atoms with Crippen LogP contribution in [0.1, 0.15) is 33.6 Å². The van der Waals surface area contributed by atoms with Crippen molar-refractivity contribution in [1.82, 2.24) is 4.98 Å². The number of aliphatic imine (C=N–C) groups is 1. The summed E-state index contributed by atoms with van der Waals surface area (Å²) in [4.78, 5) is 19.8. The van der Waals surface area contributed by atoms with Gasteiger partial charge < -0.3 is 10.5 Å². The van der Waals surface area contributed by atoms with Crippen LogP contribution < -0.4 is 5.73 Å². The van der Waals surface area contributed by atoms with Crippen LogP contribution in [-0.2, 0) is 16.7 Å². The number of halogens is 6. The molecule has 30 heavy (non-hydrogen) atoms. The summed E-state index contributed by atoms with van der Waals surface area (Å²) >= 11 is 0. The lowest BCUT2D eigenvalue weighted by atomic mass is 9.88. The van der Waals surface area contributed by atoms with E-state index in [1.165, 1.54) is 6.07 Å². The van der Waals surface area contributed by atoms with E-state index in [9.17, 15) is 26.7 Å². The van der Waals surface area contributed by atoms with Gasteiger partial charge in [-0.25, -0.2) is 22.0 Å². The van der Waals surface area contributed by atoms with Crippen molar-refractivity contribution in [2.45, 2.75) is 24.8 Å². The fraction of sp³-hybridized carbons (Fsp3) is 0.316. The van der Waals surface area contributed by atoms with Gasteiger partial charge in [-0.1, -0.05) is 6.07 Å². The van der Waals surface area contributed by atoms with E-state index in [1.807, 2.05) is 0 Å². The maximum absolute atomic E-state index is 14.4. The zero-order valence-electron chi connectivity index (χ0n) is 15.3. The summed E-state index contributed by atoms with van der Waals surface area (Å²) in [7, 11) is 0. The number of hydrogen-bond donors (Lipinski definition) is 1. The van der Waals surface area contributed by atoms with E-state index in [-0.39, 0.29) is 48.1 Å². The van der Waals surface area contributed by atoms with E-state index >= 15 is 0 Å². The third kappa shape index (κ3) is 4.76. The Balaban J connectivity index is 0.00000320. The van der Waals surface area contributed by atoms with E-state index < -0.39 is 42.2 Å². The number of ether oxygens (including phenoxy) is 1. The zero-order chi connectivity index (χ0) is 21.2. The molecule has 11 heteroatoms. The number of rotatable bonds is 6. The van der Waals surface area contributed by atoms with Gasteiger partial charge in [0.1, 0.15) is 24.0 Å². The monoisotopic (exact) mass is 449 g/mol. The number of nitrogens with two attached hydrogens (primary N) is 1. The SMILES string of the molecule is Cl.NC1=N[C@@](c2cc(CC(=O)c3ccc(C(F)F)cn3)ccc2F)(C(F)F)COC1. The summed E-state index contributed by atoms with van der Waals surface area (Å²) in [5.41, 5.74) is 2.57. The largest absolute Gasteiger partial charge is 0.385 e. The van der Waals surface area contributed by atoms with Crippen LogP contribution >= 0.6 is 12.4 Å². The minimum atomic E-state index is -3.11. The number of carbonyl (C=O) groups is 1. The molecule has 0 spiro atoms. The van der Waals surface area contributed by atoms with Crippen molar-refractivity contribution in [3.63, 3.8) is 0 Å². The quantitative estimate of drug-likeness (QED) is 0.537. The Kier molecular flexibility index (Phi) is 7.49. The summed E-state index contributed by atoms with van der Waals surface area (Å²) < 4.78 is 72.3. The molecule has 1 atom stereocenters.